The third kappa shape index (κ3) is 5.34. The first-order chi connectivity index (χ1) is 15.8. The number of halogens is 1. The van der Waals surface area contributed by atoms with Gasteiger partial charge in [-0.3, -0.25) is 14.2 Å². The molecule has 1 saturated heterocycles. The first-order valence-corrected chi connectivity index (χ1v) is 12.2. The zero-order chi connectivity index (χ0) is 23.5. The van der Waals surface area contributed by atoms with Crippen molar-refractivity contribution in [3.05, 3.63) is 57.8 Å². The Morgan fingerprint density at radius 3 is 2.48 bits per heavy atom. The zero-order valence-electron chi connectivity index (χ0n) is 18.9. The standard InChI is InChI=1S/C24H27ClN4O3S/c1-15(2)29-23(31)20-9-4-17(25)14-21(20)27-24(29)33-16(3)22(30)26-18-5-7-19(8-6-18)28-10-12-32-13-11-28/h4-9,14-16H,10-13H2,1-3H3,(H,26,30). The van der Waals surface area contributed by atoms with E-state index in [0.29, 0.717) is 21.1 Å². The number of amides is 1. The summed E-state index contributed by atoms with van der Waals surface area (Å²) < 4.78 is 7.03. The highest BCUT2D eigenvalue weighted by Crippen LogP contribution is 2.27. The number of benzene rings is 2. The van der Waals surface area contributed by atoms with Crippen LogP contribution in [0.4, 0.5) is 11.4 Å². The molecule has 1 fully saturated rings. The van der Waals surface area contributed by atoms with Gasteiger partial charge in [-0.25, -0.2) is 4.98 Å². The van der Waals surface area contributed by atoms with Crippen molar-refractivity contribution in [3.63, 3.8) is 0 Å². The Kier molecular flexibility index (Phi) is 7.26. The lowest BCUT2D eigenvalue weighted by Gasteiger charge is -2.29. The van der Waals surface area contributed by atoms with Crippen LogP contribution >= 0.6 is 23.4 Å². The molecule has 7 nitrogen and oxygen atoms in total. The number of carbonyl (C=O) groups is 1. The van der Waals surface area contributed by atoms with Crippen LogP contribution in [0.5, 0.6) is 0 Å². The van der Waals surface area contributed by atoms with E-state index < -0.39 is 5.25 Å². The quantitative estimate of drug-likeness (QED) is 0.406. The van der Waals surface area contributed by atoms with Gasteiger partial charge in [0.2, 0.25) is 5.91 Å². The Labute approximate surface area is 202 Å². The number of thioether (sulfide) groups is 1. The number of aromatic nitrogens is 2. The normalized spacial score (nSPS) is 15.1. The SMILES string of the molecule is CC(Sc1nc2cc(Cl)ccc2c(=O)n1C(C)C)C(=O)Nc1ccc(N2CCOCC2)cc1. The Hall–Kier alpha value is -2.55. The van der Waals surface area contributed by atoms with E-state index >= 15 is 0 Å². The number of hydrogen-bond donors (Lipinski definition) is 1. The Balaban J connectivity index is 1.50. The maximum atomic E-state index is 13.1. The fraction of sp³-hybridized carbons (Fsp3) is 0.375. The van der Waals surface area contributed by atoms with Crippen LogP contribution in [-0.2, 0) is 9.53 Å². The van der Waals surface area contributed by atoms with Gasteiger partial charge in [0.25, 0.3) is 5.56 Å². The van der Waals surface area contributed by atoms with Gasteiger partial charge in [-0.1, -0.05) is 23.4 Å². The molecular formula is C24H27ClN4O3S. The van der Waals surface area contributed by atoms with Crippen molar-refractivity contribution < 1.29 is 9.53 Å². The molecule has 0 radical (unpaired) electrons. The summed E-state index contributed by atoms with van der Waals surface area (Å²) in [5, 5.41) is 4.02. The van der Waals surface area contributed by atoms with Crippen LogP contribution in [0.2, 0.25) is 5.02 Å². The Morgan fingerprint density at radius 1 is 1.12 bits per heavy atom. The number of anilines is 2. The summed E-state index contributed by atoms with van der Waals surface area (Å²) in [7, 11) is 0. The van der Waals surface area contributed by atoms with Crippen molar-refractivity contribution in [1.82, 2.24) is 9.55 Å². The van der Waals surface area contributed by atoms with E-state index in [1.54, 1.807) is 29.7 Å². The summed E-state index contributed by atoms with van der Waals surface area (Å²) in [5.41, 5.74) is 2.22. The number of rotatable bonds is 6. The van der Waals surface area contributed by atoms with E-state index in [-0.39, 0.29) is 17.5 Å². The summed E-state index contributed by atoms with van der Waals surface area (Å²) in [6.07, 6.45) is 0. The van der Waals surface area contributed by atoms with Crippen LogP contribution in [0.15, 0.2) is 52.4 Å². The van der Waals surface area contributed by atoms with Gasteiger partial charge in [-0.05, 0) is 63.2 Å². The third-order valence-electron chi connectivity index (χ3n) is 5.51. The maximum Gasteiger partial charge on any atom is 0.262 e. The Morgan fingerprint density at radius 2 is 1.82 bits per heavy atom. The number of nitrogens with one attached hydrogen (secondary N) is 1. The molecule has 1 aromatic heterocycles. The number of hydrogen-bond acceptors (Lipinski definition) is 6. The molecule has 9 heteroatoms. The topological polar surface area (TPSA) is 76.5 Å². The molecule has 174 valence electrons. The second-order valence-corrected chi connectivity index (χ2v) is 9.96. The second-order valence-electron chi connectivity index (χ2n) is 8.22. The lowest BCUT2D eigenvalue weighted by molar-refractivity contribution is -0.115. The number of morpholine rings is 1. The van der Waals surface area contributed by atoms with Gasteiger partial charge in [0.05, 0.1) is 29.4 Å². The van der Waals surface area contributed by atoms with Crippen LogP contribution in [0, 0.1) is 0 Å². The van der Waals surface area contributed by atoms with Crippen LogP contribution in [-0.4, -0.2) is 47.0 Å². The zero-order valence-corrected chi connectivity index (χ0v) is 20.4. The molecule has 0 saturated carbocycles. The first kappa shape index (κ1) is 23.6. The van der Waals surface area contributed by atoms with E-state index in [0.717, 1.165) is 37.7 Å². The van der Waals surface area contributed by atoms with Gasteiger partial charge in [0, 0.05) is 35.5 Å². The van der Waals surface area contributed by atoms with Gasteiger partial charge in [0.1, 0.15) is 0 Å². The van der Waals surface area contributed by atoms with Crippen LogP contribution in [0.3, 0.4) is 0 Å². The van der Waals surface area contributed by atoms with E-state index in [2.05, 4.69) is 15.2 Å². The lowest BCUT2D eigenvalue weighted by atomic mass is 10.2. The minimum absolute atomic E-state index is 0.101. The van der Waals surface area contributed by atoms with Crippen molar-refractivity contribution in [2.75, 3.05) is 36.5 Å². The minimum Gasteiger partial charge on any atom is -0.378 e. The Bertz CT molecular complexity index is 1210. The molecule has 33 heavy (non-hydrogen) atoms. The summed E-state index contributed by atoms with van der Waals surface area (Å²) in [6.45, 7) is 8.83. The predicted molar refractivity (Wildman–Crippen MR) is 135 cm³/mol. The number of ether oxygens (including phenoxy) is 1. The first-order valence-electron chi connectivity index (χ1n) is 11.0. The van der Waals surface area contributed by atoms with Gasteiger partial charge < -0.3 is 15.0 Å². The van der Waals surface area contributed by atoms with Crippen molar-refractivity contribution in [2.24, 2.45) is 0 Å². The highest BCUT2D eigenvalue weighted by Gasteiger charge is 2.21. The highest BCUT2D eigenvalue weighted by atomic mass is 35.5. The predicted octanol–water partition coefficient (Wildman–Crippen LogP) is 4.59. The average Bonchev–Trinajstić information content (AvgIpc) is 2.79. The smallest absolute Gasteiger partial charge is 0.262 e. The lowest BCUT2D eigenvalue weighted by Crippen LogP contribution is -2.36. The molecule has 0 spiro atoms. The maximum absolute atomic E-state index is 13.1. The van der Waals surface area contributed by atoms with Crippen molar-refractivity contribution in [1.29, 1.82) is 0 Å². The molecule has 1 aliphatic rings. The minimum atomic E-state index is -0.461. The monoisotopic (exact) mass is 486 g/mol. The molecule has 0 aliphatic carbocycles. The van der Waals surface area contributed by atoms with E-state index in [9.17, 15) is 9.59 Å². The second kappa shape index (κ2) is 10.2. The molecule has 2 heterocycles. The van der Waals surface area contributed by atoms with Crippen LogP contribution in [0.1, 0.15) is 26.8 Å². The van der Waals surface area contributed by atoms with Gasteiger partial charge in [0.15, 0.2) is 5.16 Å². The number of carbonyl (C=O) groups excluding carboxylic acids is 1. The average molecular weight is 487 g/mol. The molecule has 1 amide bonds. The third-order valence-corrected chi connectivity index (χ3v) is 6.81. The summed E-state index contributed by atoms with van der Waals surface area (Å²) in [6, 6.07) is 12.8. The van der Waals surface area contributed by atoms with E-state index in [4.69, 9.17) is 16.3 Å². The van der Waals surface area contributed by atoms with Crippen LogP contribution in [0.25, 0.3) is 10.9 Å². The molecule has 1 unspecified atom stereocenters. The number of nitrogens with zero attached hydrogens (tertiary/aromatic N) is 3. The molecule has 0 bridgehead atoms. The fourth-order valence-corrected chi connectivity index (χ4v) is 4.93. The molecule has 3 aromatic rings. The van der Waals surface area contributed by atoms with Crippen LogP contribution < -0.4 is 15.8 Å². The van der Waals surface area contributed by atoms with Gasteiger partial charge in [-0.2, -0.15) is 0 Å². The fourth-order valence-electron chi connectivity index (χ4n) is 3.72. The molecule has 1 atom stereocenters. The summed E-state index contributed by atoms with van der Waals surface area (Å²) >= 11 is 7.37. The molecule has 1 aliphatic heterocycles. The summed E-state index contributed by atoms with van der Waals surface area (Å²) in [4.78, 5) is 32.9. The van der Waals surface area contributed by atoms with Gasteiger partial charge >= 0.3 is 0 Å². The van der Waals surface area contributed by atoms with Crippen molar-refractivity contribution in [2.45, 2.75) is 37.2 Å². The van der Waals surface area contributed by atoms with Crippen molar-refractivity contribution in [3.8, 4) is 0 Å². The van der Waals surface area contributed by atoms with Gasteiger partial charge in [-0.15, -0.1) is 0 Å². The number of fused-ring (bicyclic) bond motifs is 1. The molecule has 4 rings (SSSR count). The largest absolute Gasteiger partial charge is 0.378 e. The van der Waals surface area contributed by atoms with E-state index in [1.807, 2.05) is 38.1 Å². The molecular weight excluding hydrogens is 460 g/mol. The van der Waals surface area contributed by atoms with E-state index in [1.165, 1.54) is 11.8 Å². The highest BCUT2D eigenvalue weighted by molar-refractivity contribution is 8.00. The summed E-state index contributed by atoms with van der Waals surface area (Å²) in [5.74, 6) is -0.158. The molecule has 1 N–H and O–H groups in total. The molecule has 2 aromatic carbocycles. The van der Waals surface area contributed by atoms with Crippen molar-refractivity contribution >= 4 is 51.5 Å².